The van der Waals surface area contributed by atoms with Crippen molar-refractivity contribution in [2.24, 2.45) is 5.92 Å². The van der Waals surface area contributed by atoms with Crippen LogP contribution < -0.4 is 31.9 Å². The van der Waals surface area contributed by atoms with E-state index in [4.69, 9.17) is 36.1 Å². The highest BCUT2D eigenvalue weighted by atomic mass is 32.1. The highest BCUT2D eigenvalue weighted by Gasteiger charge is 2.45. The summed E-state index contributed by atoms with van der Waals surface area (Å²) in [5.74, 6) is -6.94. The first-order valence-electron chi connectivity index (χ1n) is 24.8. The first-order chi connectivity index (χ1) is 36.9. The molecule has 0 saturated carbocycles. The molecule has 1 fully saturated rings. The Balaban J connectivity index is 0.744. The Labute approximate surface area is 443 Å². The van der Waals surface area contributed by atoms with Crippen LogP contribution in [0.2, 0.25) is 0 Å². The van der Waals surface area contributed by atoms with E-state index in [0.717, 1.165) is 33.7 Å². The molecule has 23 nitrogen and oxygen atoms in total. The standard InChI is InChI=1S/C52H54FN9O14S/c1-3-52(72)32-14-37-47-30(19-61(37)50(77)31(32)23-76-51(52)71)46-34(10-9-29-26(2)33(53)15-35(60-47)45(29)46)58-41(66)24-73-25-57-39(64)17-56-49(70)36(13-27-7-5-4-6-8-27)59-40(65)18-54-38(63)16-55-48(69)28-21-74-44(75-22-28)20-62-42(67)11-12-43(62)68/h4-8,11-12,14-15,28,34,36,44,72H,3,9-10,13,16-25H2,1-2H3,(H,54,63)(H,55,69)(H,56,70)(H,57,64)(H,58,66)(H,59,65)/t28?,34?,36-,44?,52-/m0/s1. The van der Waals surface area contributed by atoms with Crippen molar-refractivity contribution >= 4 is 76.3 Å². The smallest absolute Gasteiger partial charge is 0.343 e. The number of fused-ring (bicyclic) bond motifs is 5. The highest BCUT2D eigenvalue weighted by molar-refractivity contribution is 7.71. The van der Waals surface area contributed by atoms with Crippen molar-refractivity contribution in [2.75, 3.05) is 52.7 Å². The van der Waals surface area contributed by atoms with Gasteiger partial charge in [0, 0.05) is 46.7 Å². The van der Waals surface area contributed by atoms with E-state index in [0.29, 0.717) is 62.0 Å². The molecule has 1 saturated heterocycles. The van der Waals surface area contributed by atoms with Gasteiger partial charge in [0.25, 0.3) is 11.8 Å². The number of aromatic nitrogens is 2. The molecule has 5 aliphatic rings. The first-order valence-corrected chi connectivity index (χ1v) is 25.2. The molecule has 0 radical (unpaired) electrons. The maximum absolute atomic E-state index is 15.4. The minimum atomic E-state index is -1.92. The third-order valence-electron chi connectivity index (χ3n) is 14.1. The number of hydrogen-bond donors (Lipinski definition) is 7. The van der Waals surface area contributed by atoms with Gasteiger partial charge in [-0.2, -0.15) is 0 Å². The van der Waals surface area contributed by atoms with Gasteiger partial charge in [-0.25, -0.2) is 14.2 Å². The summed E-state index contributed by atoms with van der Waals surface area (Å²) in [5.41, 5.74) is 3.70. The molecule has 0 spiro atoms. The monoisotopic (exact) mass is 1080 g/mol. The number of carbonyl (C=O) groups is 9. The van der Waals surface area contributed by atoms with E-state index in [1.54, 1.807) is 50.2 Å². The van der Waals surface area contributed by atoms with Crippen molar-refractivity contribution < 1.29 is 71.6 Å². The number of pyridine rings is 2. The Hall–Kier alpha value is -7.84. The van der Waals surface area contributed by atoms with Gasteiger partial charge in [-0.05, 0) is 54.5 Å². The van der Waals surface area contributed by atoms with Crippen LogP contribution in [0.3, 0.4) is 0 Å². The van der Waals surface area contributed by atoms with Gasteiger partial charge in [-0.3, -0.25) is 43.3 Å². The van der Waals surface area contributed by atoms with E-state index in [1.165, 1.54) is 6.07 Å². The Morgan fingerprint density at radius 2 is 1.61 bits per heavy atom. The third kappa shape index (κ3) is 11.3. The number of amides is 8. The topological polar surface area (TPSA) is 304 Å². The quantitative estimate of drug-likeness (QED) is 0.0189. The SMILES string of the molecule is CC[C@@]1(O)C(=O)OCc2c1cc1n(c2=S)Cc2c-1nc1cc(F)c(C)c3c1c2C(NC(=O)COCNC(=O)CNC(=O)[C@H](Cc1ccccc1)NC(=O)CNC(=O)CNC(=O)C1COC(CN2C(=O)C=CC2=O)OC1)CC3. The zero-order valence-electron chi connectivity index (χ0n) is 41.8. The second-order valence-corrected chi connectivity index (χ2v) is 19.4. The maximum atomic E-state index is 15.4. The largest absolute Gasteiger partial charge is 0.458 e. The van der Waals surface area contributed by atoms with Gasteiger partial charge >= 0.3 is 5.97 Å². The maximum Gasteiger partial charge on any atom is 0.343 e. The second-order valence-electron chi connectivity index (χ2n) is 19.0. The number of aliphatic hydroxyl groups is 1. The van der Waals surface area contributed by atoms with E-state index >= 15 is 4.39 Å². The van der Waals surface area contributed by atoms with E-state index < -0.39 is 122 Å². The number of rotatable bonds is 19. The lowest BCUT2D eigenvalue weighted by atomic mass is 9.81. The summed E-state index contributed by atoms with van der Waals surface area (Å²) in [5, 5.41) is 27.5. The first kappa shape index (κ1) is 54.0. The van der Waals surface area contributed by atoms with Crippen LogP contribution >= 0.6 is 12.2 Å². The second kappa shape index (κ2) is 22.8. The van der Waals surface area contributed by atoms with Crippen LogP contribution in [0.5, 0.6) is 0 Å². The molecular formula is C52H54FN9O14S. The molecule has 4 aromatic rings. The number of cyclic esters (lactones) is 1. The summed E-state index contributed by atoms with van der Waals surface area (Å²) in [6.07, 6.45) is 2.25. The average Bonchev–Trinajstić information content (AvgIpc) is 4.16. The van der Waals surface area contributed by atoms with E-state index in [2.05, 4.69) is 31.9 Å². The number of halogens is 1. The minimum absolute atomic E-state index is 0.0244. The molecule has 9 rings (SSSR count). The lowest BCUT2D eigenvalue weighted by Gasteiger charge is -2.32. The van der Waals surface area contributed by atoms with Gasteiger partial charge in [0.1, 0.15) is 36.4 Å². The molecule has 404 valence electrons. The average molecular weight is 1080 g/mol. The number of imide groups is 1. The molecule has 2 aromatic carbocycles. The molecule has 0 bridgehead atoms. The molecule has 6 heterocycles. The van der Waals surface area contributed by atoms with Gasteiger partial charge in [-0.15, -0.1) is 0 Å². The summed E-state index contributed by atoms with van der Waals surface area (Å²) < 4.78 is 39.4. The summed E-state index contributed by atoms with van der Waals surface area (Å²) in [6.45, 7) is 0.699. The zero-order valence-corrected chi connectivity index (χ0v) is 42.6. The van der Waals surface area contributed by atoms with Crippen LogP contribution in [0.4, 0.5) is 4.39 Å². The normalized spacial score (nSPS) is 20.3. The molecule has 4 aliphatic heterocycles. The fourth-order valence-electron chi connectivity index (χ4n) is 9.98. The molecule has 25 heteroatoms. The minimum Gasteiger partial charge on any atom is -0.458 e. The highest BCUT2D eigenvalue weighted by Crippen LogP contribution is 2.47. The Morgan fingerprint density at radius 1 is 0.909 bits per heavy atom. The number of ether oxygens (including phenoxy) is 4. The number of nitrogens with one attached hydrogen (secondary N) is 6. The fourth-order valence-corrected chi connectivity index (χ4v) is 10.3. The van der Waals surface area contributed by atoms with Crippen LogP contribution in [0, 0.1) is 23.3 Å². The number of benzene rings is 2. The number of aryl methyl sites for hydroxylation is 1. The van der Waals surface area contributed by atoms with E-state index in [1.807, 2.05) is 4.57 Å². The molecule has 77 heavy (non-hydrogen) atoms. The van der Waals surface area contributed by atoms with E-state index in [-0.39, 0.29) is 45.8 Å². The third-order valence-corrected chi connectivity index (χ3v) is 14.6. The molecule has 1 aliphatic carbocycles. The Morgan fingerprint density at radius 3 is 2.34 bits per heavy atom. The Kier molecular flexibility index (Phi) is 16.0. The van der Waals surface area contributed by atoms with Gasteiger partial charge < -0.3 is 60.5 Å². The lowest BCUT2D eigenvalue weighted by molar-refractivity contribution is -0.207. The molecule has 1 unspecified atom stereocenters. The van der Waals surface area contributed by atoms with Crippen LogP contribution in [0.15, 0.2) is 54.6 Å². The van der Waals surface area contributed by atoms with Crippen molar-refractivity contribution in [3.63, 3.8) is 0 Å². The van der Waals surface area contributed by atoms with Gasteiger partial charge in [0.15, 0.2) is 11.9 Å². The van der Waals surface area contributed by atoms with Crippen LogP contribution in [-0.2, 0) is 93.7 Å². The molecular weight excluding hydrogens is 1030 g/mol. The predicted molar refractivity (Wildman–Crippen MR) is 268 cm³/mol. The molecule has 3 atom stereocenters. The zero-order chi connectivity index (χ0) is 54.7. The summed E-state index contributed by atoms with van der Waals surface area (Å²) in [4.78, 5) is 120. The van der Waals surface area contributed by atoms with Crippen molar-refractivity contribution in [2.45, 2.75) is 76.7 Å². The van der Waals surface area contributed by atoms with Gasteiger partial charge in [0.05, 0.1) is 74.8 Å². The summed E-state index contributed by atoms with van der Waals surface area (Å²) >= 11 is 5.91. The van der Waals surface area contributed by atoms with Gasteiger partial charge in [0.2, 0.25) is 35.4 Å². The fraction of sp³-hybridized carbons (Fsp3) is 0.404. The predicted octanol–water partition coefficient (Wildman–Crippen LogP) is 0.0804. The van der Waals surface area contributed by atoms with Crippen molar-refractivity contribution in [3.8, 4) is 11.4 Å². The van der Waals surface area contributed by atoms with Crippen molar-refractivity contribution in [1.29, 1.82) is 0 Å². The van der Waals surface area contributed by atoms with Crippen LogP contribution in [0.25, 0.3) is 22.3 Å². The van der Waals surface area contributed by atoms with Crippen molar-refractivity contribution in [3.05, 3.63) is 104 Å². The number of carbonyl (C=O) groups excluding carboxylic acids is 9. The van der Waals surface area contributed by atoms with Gasteiger partial charge in [-0.1, -0.05) is 49.5 Å². The van der Waals surface area contributed by atoms with Crippen molar-refractivity contribution in [1.82, 2.24) is 46.4 Å². The summed E-state index contributed by atoms with van der Waals surface area (Å²) in [7, 11) is 0. The Bertz CT molecular complexity index is 3200. The molecule has 2 aromatic heterocycles. The van der Waals surface area contributed by atoms with Crippen LogP contribution in [0.1, 0.15) is 64.8 Å². The molecule has 7 N–H and O–H groups in total. The number of esters is 1. The molecule has 8 amide bonds. The van der Waals surface area contributed by atoms with E-state index in [9.17, 15) is 48.3 Å². The lowest BCUT2D eigenvalue weighted by Crippen LogP contribution is -2.52. The van der Waals surface area contributed by atoms with Crippen LogP contribution in [-0.4, -0.2) is 138 Å². The number of hydrogen-bond acceptors (Lipinski definition) is 16. The number of nitrogens with zero attached hydrogens (tertiary/aromatic N) is 3. The summed E-state index contributed by atoms with van der Waals surface area (Å²) in [6, 6.07) is 10.0.